The summed E-state index contributed by atoms with van der Waals surface area (Å²) in [6.45, 7) is 2.05. The van der Waals surface area contributed by atoms with Crippen molar-refractivity contribution in [3.05, 3.63) is 36.1 Å². The lowest BCUT2D eigenvalue weighted by atomic mass is 9.84. The Morgan fingerprint density at radius 2 is 2.13 bits per heavy atom. The molecule has 2 aliphatic carbocycles. The summed E-state index contributed by atoms with van der Waals surface area (Å²) in [5, 5.41) is 13.9. The summed E-state index contributed by atoms with van der Waals surface area (Å²) < 4.78 is 5.82. The van der Waals surface area contributed by atoms with Gasteiger partial charge in [0.2, 0.25) is 5.91 Å². The Hall–Kier alpha value is -1.81. The molecule has 23 heavy (non-hydrogen) atoms. The number of aliphatic hydroxyl groups excluding tert-OH is 1. The molecule has 1 aromatic carbocycles. The molecule has 2 aliphatic rings. The van der Waals surface area contributed by atoms with Crippen LogP contribution in [0.15, 0.2) is 34.7 Å². The quantitative estimate of drug-likeness (QED) is 0.912. The minimum absolute atomic E-state index is 0.0000520. The number of furan rings is 1. The summed E-state index contributed by atoms with van der Waals surface area (Å²) in [5.41, 5.74) is 0.815. The highest BCUT2D eigenvalue weighted by Gasteiger charge is 2.48. The first-order valence-electron chi connectivity index (χ1n) is 8.57. The highest BCUT2D eigenvalue weighted by molar-refractivity contribution is 5.85. The van der Waals surface area contributed by atoms with Gasteiger partial charge in [-0.15, -0.1) is 0 Å². The zero-order chi connectivity index (χ0) is 16.0. The maximum Gasteiger partial charge on any atom is 0.230 e. The maximum absolute atomic E-state index is 12.7. The number of amides is 1. The van der Waals surface area contributed by atoms with E-state index in [0.717, 1.165) is 17.4 Å². The molecule has 0 aliphatic heterocycles. The van der Waals surface area contributed by atoms with Crippen molar-refractivity contribution in [2.45, 2.75) is 38.1 Å². The molecule has 2 fully saturated rings. The van der Waals surface area contributed by atoms with E-state index in [0.29, 0.717) is 17.6 Å². The van der Waals surface area contributed by atoms with Crippen LogP contribution in [-0.2, 0) is 4.79 Å². The topological polar surface area (TPSA) is 62.5 Å². The summed E-state index contributed by atoms with van der Waals surface area (Å²) in [6.07, 6.45) is 3.52. The number of para-hydroxylation sites is 1. The monoisotopic (exact) mass is 313 g/mol. The van der Waals surface area contributed by atoms with Crippen LogP contribution in [0.5, 0.6) is 0 Å². The van der Waals surface area contributed by atoms with Gasteiger partial charge in [-0.1, -0.05) is 18.2 Å². The van der Waals surface area contributed by atoms with E-state index in [4.69, 9.17) is 4.42 Å². The molecule has 4 nitrogen and oxygen atoms in total. The van der Waals surface area contributed by atoms with Crippen molar-refractivity contribution in [2.24, 2.45) is 17.8 Å². The molecule has 1 heterocycles. The fourth-order valence-corrected chi connectivity index (χ4v) is 4.53. The largest absolute Gasteiger partial charge is 0.460 e. The van der Waals surface area contributed by atoms with Gasteiger partial charge in [-0.25, -0.2) is 0 Å². The Balaban J connectivity index is 1.50. The molecule has 1 aromatic heterocycles. The number of hydrogen-bond acceptors (Lipinski definition) is 3. The molecule has 0 radical (unpaired) electrons. The molecule has 122 valence electrons. The van der Waals surface area contributed by atoms with Crippen LogP contribution in [0.2, 0.25) is 0 Å². The first-order chi connectivity index (χ1) is 11.2. The van der Waals surface area contributed by atoms with Gasteiger partial charge in [0.15, 0.2) is 0 Å². The molecule has 4 heteroatoms. The van der Waals surface area contributed by atoms with Crippen molar-refractivity contribution in [3.63, 3.8) is 0 Å². The molecule has 2 aromatic rings. The molecule has 2 bridgehead atoms. The van der Waals surface area contributed by atoms with E-state index >= 15 is 0 Å². The minimum Gasteiger partial charge on any atom is -0.460 e. The fourth-order valence-electron chi connectivity index (χ4n) is 4.53. The molecular formula is C19H23NO3. The van der Waals surface area contributed by atoms with Crippen molar-refractivity contribution in [1.82, 2.24) is 5.32 Å². The van der Waals surface area contributed by atoms with Gasteiger partial charge in [0.1, 0.15) is 11.3 Å². The Kier molecular flexibility index (Phi) is 3.64. The molecule has 1 amide bonds. The predicted molar refractivity (Wildman–Crippen MR) is 88.0 cm³/mol. The van der Waals surface area contributed by atoms with Gasteiger partial charge >= 0.3 is 0 Å². The lowest BCUT2D eigenvalue weighted by Crippen LogP contribution is -2.46. The van der Waals surface area contributed by atoms with Crippen LogP contribution in [0.25, 0.3) is 11.0 Å². The van der Waals surface area contributed by atoms with Crippen LogP contribution in [0.3, 0.4) is 0 Å². The number of aliphatic hydroxyl groups is 1. The SMILES string of the molecule is CC(C(=O)NC1C2CCC(C2)C1CO)c1cc2ccccc2o1. The first-order valence-corrected chi connectivity index (χ1v) is 8.57. The molecule has 0 saturated heterocycles. The van der Waals surface area contributed by atoms with Crippen LogP contribution in [0, 0.1) is 17.8 Å². The summed E-state index contributed by atoms with van der Waals surface area (Å²) in [4.78, 5) is 12.7. The van der Waals surface area contributed by atoms with Crippen LogP contribution in [0.1, 0.15) is 37.9 Å². The van der Waals surface area contributed by atoms with Gasteiger partial charge in [-0.2, -0.15) is 0 Å². The predicted octanol–water partition coefficient (Wildman–Crippen LogP) is 3.06. The van der Waals surface area contributed by atoms with E-state index in [-0.39, 0.29) is 30.4 Å². The standard InChI is InChI=1S/C19H23NO3/c1-11(17-9-13-4-2-3-5-16(13)23-17)19(22)20-18-14-7-6-12(8-14)15(18)10-21/h2-5,9,11-12,14-15,18,21H,6-8,10H2,1H3,(H,20,22). The Morgan fingerprint density at radius 1 is 1.35 bits per heavy atom. The molecule has 5 unspecified atom stereocenters. The van der Waals surface area contributed by atoms with E-state index in [1.165, 1.54) is 12.8 Å². The molecule has 2 saturated carbocycles. The lowest BCUT2D eigenvalue weighted by Gasteiger charge is -2.31. The highest BCUT2D eigenvalue weighted by Crippen LogP contribution is 2.48. The number of carbonyl (C=O) groups excluding carboxylic acids is 1. The number of benzene rings is 1. The second-order valence-electron chi connectivity index (χ2n) is 7.12. The fraction of sp³-hybridized carbons (Fsp3) is 0.526. The molecular weight excluding hydrogens is 290 g/mol. The third-order valence-electron chi connectivity index (χ3n) is 5.87. The van der Waals surface area contributed by atoms with Crippen LogP contribution >= 0.6 is 0 Å². The molecule has 0 spiro atoms. The van der Waals surface area contributed by atoms with Crippen molar-refractivity contribution in [2.75, 3.05) is 6.61 Å². The first kappa shape index (κ1) is 14.8. The average molecular weight is 313 g/mol. The zero-order valence-electron chi connectivity index (χ0n) is 13.4. The number of fused-ring (bicyclic) bond motifs is 3. The lowest BCUT2D eigenvalue weighted by molar-refractivity contribution is -0.124. The molecule has 4 rings (SSSR count). The van der Waals surface area contributed by atoms with Crippen molar-refractivity contribution < 1.29 is 14.3 Å². The summed E-state index contributed by atoms with van der Waals surface area (Å²) in [7, 11) is 0. The smallest absolute Gasteiger partial charge is 0.230 e. The van der Waals surface area contributed by atoms with Crippen molar-refractivity contribution in [3.8, 4) is 0 Å². The molecule has 2 N–H and O–H groups in total. The van der Waals surface area contributed by atoms with Crippen LogP contribution < -0.4 is 5.32 Å². The number of carbonyl (C=O) groups is 1. The van der Waals surface area contributed by atoms with Gasteiger partial charge in [0.05, 0.1) is 5.92 Å². The zero-order valence-corrected chi connectivity index (χ0v) is 13.4. The van der Waals surface area contributed by atoms with Gasteiger partial charge in [0, 0.05) is 24.0 Å². The van der Waals surface area contributed by atoms with Crippen molar-refractivity contribution >= 4 is 16.9 Å². The van der Waals surface area contributed by atoms with E-state index in [1.807, 2.05) is 37.3 Å². The normalized spacial score (nSPS) is 30.7. The second-order valence-corrected chi connectivity index (χ2v) is 7.12. The number of hydrogen-bond donors (Lipinski definition) is 2. The summed E-state index contributed by atoms with van der Waals surface area (Å²) in [6, 6.07) is 9.88. The average Bonchev–Trinajstić information content (AvgIpc) is 3.27. The molecule has 5 atom stereocenters. The maximum atomic E-state index is 12.7. The third-order valence-corrected chi connectivity index (χ3v) is 5.87. The highest BCUT2D eigenvalue weighted by atomic mass is 16.3. The number of rotatable bonds is 4. The summed E-state index contributed by atoms with van der Waals surface area (Å²) >= 11 is 0. The Labute approximate surface area is 135 Å². The van der Waals surface area contributed by atoms with Gasteiger partial charge in [0.25, 0.3) is 0 Å². The van der Waals surface area contributed by atoms with Gasteiger partial charge in [-0.05, 0) is 50.2 Å². The van der Waals surface area contributed by atoms with E-state index in [9.17, 15) is 9.90 Å². The van der Waals surface area contributed by atoms with E-state index < -0.39 is 0 Å². The Morgan fingerprint density at radius 3 is 2.91 bits per heavy atom. The van der Waals surface area contributed by atoms with E-state index in [2.05, 4.69) is 5.32 Å². The van der Waals surface area contributed by atoms with Crippen molar-refractivity contribution in [1.29, 1.82) is 0 Å². The van der Waals surface area contributed by atoms with Gasteiger partial charge in [-0.3, -0.25) is 4.79 Å². The van der Waals surface area contributed by atoms with Gasteiger partial charge < -0.3 is 14.8 Å². The summed E-state index contributed by atoms with van der Waals surface area (Å²) in [5.74, 6) is 1.72. The van der Waals surface area contributed by atoms with E-state index in [1.54, 1.807) is 0 Å². The van der Waals surface area contributed by atoms with Crippen LogP contribution in [0.4, 0.5) is 0 Å². The van der Waals surface area contributed by atoms with Crippen LogP contribution in [-0.4, -0.2) is 23.7 Å². The number of nitrogens with one attached hydrogen (secondary N) is 1. The minimum atomic E-state index is -0.319. The Bertz CT molecular complexity index is 689. The third kappa shape index (κ3) is 2.45. The second kappa shape index (κ2) is 5.68.